The fraction of sp³-hybridized carbons (Fsp3) is 0.636. The van der Waals surface area contributed by atoms with Gasteiger partial charge in [0.25, 0.3) is 0 Å². The quantitative estimate of drug-likeness (QED) is 0.819. The average Bonchev–Trinajstić information content (AvgIpc) is 2.98. The van der Waals surface area contributed by atoms with Crippen LogP contribution in [0.3, 0.4) is 0 Å². The molecule has 0 unspecified atom stereocenters. The Morgan fingerprint density at radius 1 is 1.40 bits per heavy atom. The van der Waals surface area contributed by atoms with E-state index in [1.807, 2.05) is 13.1 Å². The maximum atomic E-state index is 5.79. The molecule has 4 nitrogen and oxygen atoms in total. The minimum atomic E-state index is 0.423. The second-order valence-electron chi connectivity index (χ2n) is 4.49. The Kier molecular flexibility index (Phi) is 2.50. The molecule has 0 spiro atoms. The maximum absolute atomic E-state index is 5.79. The minimum Gasteiger partial charge on any atom is -0.384 e. The van der Waals surface area contributed by atoms with E-state index >= 15 is 0 Å². The summed E-state index contributed by atoms with van der Waals surface area (Å²) in [4.78, 5) is 10.9. The monoisotopic (exact) mass is 206 g/mol. The van der Waals surface area contributed by atoms with Crippen LogP contribution in [0.5, 0.6) is 0 Å². The number of nitrogens with zero attached hydrogens (tertiary/aromatic N) is 3. The Hall–Kier alpha value is -1.32. The molecule has 0 radical (unpaired) electrons. The van der Waals surface area contributed by atoms with E-state index in [1.165, 1.54) is 12.8 Å². The molecule has 15 heavy (non-hydrogen) atoms. The number of rotatable bonds is 3. The summed E-state index contributed by atoms with van der Waals surface area (Å²) in [5.74, 6) is 2.97. The molecule has 1 aliphatic carbocycles. The predicted molar refractivity (Wildman–Crippen MR) is 62.0 cm³/mol. The van der Waals surface area contributed by atoms with Crippen LogP contribution in [0, 0.1) is 0 Å². The standard InChI is InChI=1S/C11H18N4/c1-7(2)15(3)10-6-9(12)13-11(14-10)8-4-5-8/h6-8H,4-5H2,1-3H3,(H2,12,13,14). The molecule has 1 aromatic rings. The number of hydrogen-bond donors (Lipinski definition) is 1. The fourth-order valence-corrected chi connectivity index (χ4v) is 1.44. The Balaban J connectivity index is 2.30. The highest BCUT2D eigenvalue weighted by atomic mass is 15.2. The van der Waals surface area contributed by atoms with Crippen molar-refractivity contribution in [3.63, 3.8) is 0 Å². The van der Waals surface area contributed by atoms with Gasteiger partial charge in [0.1, 0.15) is 17.5 Å². The van der Waals surface area contributed by atoms with E-state index in [-0.39, 0.29) is 0 Å². The molecule has 1 saturated carbocycles. The number of hydrogen-bond acceptors (Lipinski definition) is 4. The summed E-state index contributed by atoms with van der Waals surface area (Å²) < 4.78 is 0. The molecule has 0 amide bonds. The van der Waals surface area contributed by atoms with Gasteiger partial charge < -0.3 is 10.6 Å². The molecule has 2 rings (SSSR count). The van der Waals surface area contributed by atoms with E-state index in [9.17, 15) is 0 Å². The maximum Gasteiger partial charge on any atom is 0.136 e. The van der Waals surface area contributed by atoms with Crippen LogP contribution >= 0.6 is 0 Å². The summed E-state index contributed by atoms with van der Waals surface area (Å²) in [6.07, 6.45) is 2.41. The SMILES string of the molecule is CC(C)N(C)c1cc(N)nc(C2CC2)n1. The van der Waals surface area contributed by atoms with Crippen molar-refractivity contribution in [2.45, 2.75) is 38.6 Å². The highest BCUT2D eigenvalue weighted by Gasteiger charge is 2.27. The summed E-state index contributed by atoms with van der Waals surface area (Å²) in [5, 5.41) is 0. The van der Waals surface area contributed by atoms with Gasteiger partial charge in [-0.05, 0) is 26.7 Å². The first kappa shape index (κ1) is 10.2. The zero-order valence-corrected chi connectivity index (χ0v) is 9.57. The topological polar surface area (TPSA) is 55.0 Å². The van der Waals surface area contributed by atoms with Crippen molar-refractivity contribution in [1.82, 2.24) is 9.97 Å². The zero-order valence-electron chi connectivity index (χ0n) is 9.57. The van der Waals surface area contributed by atoms with E-state index in [4.69, 9.17) is 5.73 Å². The molecule has 4 heteroatoms. The Morgan fingerprint density at radius 3 is 2.60 bits per heavy atom. The zero-order chi connectivity index (χ0) is 11.0. The van der Waals surface area contributed by atoms with Crippen molar-refractivity contribution in [3.05, 3.63) is 11.9 Å². The van der Waals surface area contributed by atoms with Crippen molar-refractivity contribution in [1.29, 1.82) is 0 Å². The molecule has 82 valence electrons. The lowest BCUT2D eigenvalue weighted by molar-refractivity contribution is 0.735. The normalized spacial score (nSPS) is 15.7. The van der Waals surface area contributed by atoms with Crippen LogP contribution in [0.2, 0.25) is 0 Å². The van der Waals surface area contributed by atoms with Gasteiger partial charge in [-0.3, -0.25) is 0 Å². The molecule has 0 saturated heterocycles. The van der Waals surface area contributed by atoms with Gasteiger partial charge in [0.2, 0.25) is 0 Å². The molecule has 0 aliphatic heterocycles. The van der Waals surface area contributed by atoms with Crippen LogP contribution in [0.1, 0.15) is 38.4 Å². The predicted octanol–water partition coefficient (Wildman–Crippen LogP) is 1.78. The number of anilines is 2. The van der Waals surface area contributed by atoms with E-state index < -0.39 is 0 Å². The van der Waals surface area contributed by atoms with E-state index in [1.54, 1.807) is 0 Å². The summed E-state index contributed by atoms with van der Waals surface area (Å²) in [5.41, 5.74) is 5.79. The average molecular weight is 206 g/mol. The molecule has 1 heterocycles. The van der Waals surface area contributed by atoms with E-state index in [0.717, 1.165) is 11.6 Å². The van der Waals surface area contributed by atoms with Crippen LogP contribution in [-0.2, 0) is 0 Å². The fourth-order valence-electron chi connectivity index (χ4n) is 1.44. The molecule has 1 aliphatic rings. The van der Waals surface area contributed by atoms with Crippen LogP contribution in [0.25, 0.3) is 0 Å². The third kappa shape index (κ3) is 2.19. The summed E-state index contributed by atoms with van der Waals surface area (Å²) in [6.45, 7) is 4.27. The largest absolute Gasteiger partial charge is 0.384 e. The lowest BCUT2D eigenvalue weighted by Gasteiger charge is -2.23. The second-order valence-corrected chi connectivity index (χ2v) is 4.49. The third-order valence-corrected chi connectivity index (χ3v) is 2.83. The van der Waals surface area contributed by atoms with Gasteiger partial charge in [0, 0.05) is 25.1 Å². The highest BCUT2D eigenvalue weighted by molar-refractivity contribution is 5.47. The van der Waals surface area contributed by atoms with Crippen molar-refractivity contribution in [2.75, 3.05) is 17.7 Å². The number of nitrogen functional groups attached to an aromatic ring is 1. The Labute approximate surface area is 90.5 Å². The van der Waals surface area contributed by atoms with E-state index in [0.29, 0.717) is 17.8 Å². The van der Waals surface area contributed by atoms with Crippen LogP contribution in [-0.4, -0.2) is 23.1 Å². The highest BCUT2D eigenvalue weighted by Crippen LogP contribution is 2.38. The van der Waals surface area contributed by atoms with Gasteiger partial charge in [-0.1, -0.05) is 0 Å². The molecule has 0 aromatic carbocycles. The number of aromatic nitrogens is 2. The van der Waals surface area contributed by atoms with E-state index in [2.05, 4.69) is 28.7 Å². The molecular weight excluding hydrogens is 188 g/mol. The molecule has 0 bridgehead atoms. The van der Waals surface area contributed by atoms with Gasteiger partial charge in [-0.25, -0.2) is 9.97 Å². The first-order chi connectivity index (χ1) is 7.08. The summed E-state index contributed by atoms with van der Waals surface area (Å²) in [7, 11) is 2.03. The Morgan fingerprint density at radius 2 is 2.07 bits per heavy atom. The number of nitrogens with two attached hydrogens (primary N) is 1. The van der Waals surface area contributed by atoms with Crippen LogP contribution in [0.15, 0.2) is 6.07 Å². The smallest absolute Gasteiger partial charge is 0.136 e. The third-order valence-electron chi connectivity index (χ3n) is 2.83. The first-order valence-corrected chi connectivity index (χ1v) is 5.45. The Bertz CT molecular complexity index is 358. The molecular formula is C11H18N4. The molecule has 1 aromatic heterocycles. The van der Waals surface area contributed by atoms with Gasteiger partial charge in [0.15, 0.2) is 0 Å². The lowest BCUT2D eigenvalue weighted by atomic mass is 10.3. The van der Waals surface area contributed by atoms with Crippen LogP contribution in [0.4, 0.5) is 11.6 Å². The van der Waals surface area contributed by atoms with Gasteiger partial charge in [-0.2, -0.15) is 0 Å². The molecule has 1 fully saturated rings. The van der Waals surface area contributed by atoms with Crippen molar-refractivity contribution >= 4 is 11.6 Å². The van der Waals surface area contributed by atoms with Crippen LogP contribution < -0.4 is 10.6 Å². The lowest BCUT2D eigenvalue weighted by Crippen LogP contribution is -2.27. The van der Waals surface area contributed by atoms with Crippen molar-refractivity contribution < 1.29 is 0 Å². The first-order valence-electron chi connectivity index (χ1n) is 5.45. The van der Waals surface area contributed by atoms with Crippen molar-refractivity contribution in [2.24, 2.45) is 0 Å². The van der Waals surface area contributed by atoms with Gasteiger partial charge in [0.05, 0.1) is 0 Å². The van der Waals surface area contributed by atoms with Crippen molar-refractivity contribution in [3.8, 4) is 0 Å². The summed E-state index contributed by atoms with van der Waals surface area (Å²) in [6, 6.07) is 2.26. The molecule has 0 atom stereocenters. The van der Waals surface area contributed by atoms with Gasteiger partial charge >= 0.3 is 0 Å². The molecule has 2 N–H and O–H groups in total. The minimum absolute atomic E-state index is 0.423. The summed E-state index contributed by atoms with van der Waals surface area (Å²) >= 11 is 0. The van der Waals surface area contributed by atoms with Gasteiger partial charge in [-0.15, -0.1) is 0 Å². The second kappa shape index (κ2) is 3.68.